The van der Waals surface area contributed by atoms with E-state index >= 15 is 0 Å². The van der Waals surface area contributed by atoms with Gasteiger partial charge in [-0.25, -0.2) is 0 Å². The quantitative estimate of drug-likeness (QED) is 0.654. The third-order valence-electron chi connectivity index (χ3n) is 2.68. The van der Waals surface area contributed by atoms with E-state index in [1.165, 1.54) is 0 Å². The molecule has 0 aliphatic heterocycles. The van der Waals surface area contributed by atoms with Crippen LogP contribution in [0, 0.1) is 11.8 Å². The van der Waals surface area contributed by atoms with E-state index in [2.05, 4.69) is 19.2 Å². The molecule has 0 aromatic carbocycles. The Hall–Kier alpha value is -0.570. The topological polar surface area (TPSA) is 55.1 Å². The van der Waals surface area contributed by atoms with Crippen molar-refractivity contribution >= 4 is 5.91 Å². The summed E-state index contributed by atoms with van der Waals surface area (Å²) in [5.74, 6) is 1.04. The van der Waals surface area contributed by atoms with Crippen molar-refractivity contribution in [3.05, 3.63) is 0 Å². The van der Waals surface area contributed by atoms with Crippen molar-refractivity contribution in [2.75, 3.05) is 13.1 Å². The normalized spacial score (nSPS) is 12.9. The third kappa shape index (κ3) is 5.97. The predicted molar refractivity (Wildman–Crippen MR) is 59.9 cm³/mol. The highest BCUT2D eigenvalue weighted by atomic mass is 16.1. The number of rotatable bonds is 7. The number of carbonyl (C=O) groups is 1. The van der Waals surface area contributed by atoms with Gasteiger partial charge in [-0.15, -0.1) is 0 Å². The summed E-state index contributed by atoms with van der Waals surface area (Å²) < 4.78 is 0. The largest absolute Gasteiger partial charge is 0.356 e. The summed E-state index contributed by atoms with van der Waals surface area (Å²) in [5.41, 5.74) is 5.45. The molecule has 0 rings (SSSR count). The highest BCUT2D eigenvalue weighted by Gasteiger charge is 2.09. The first-order chi connectivity index (χ1) is 6.63. The van der Waals surface area contributed by atoms with Crippen LogP contribution < -0.4 is 11.1 Å². The summed E-state index contributed by atoms with van der Waals surface area (Å²) in [5, 5.41) is 2.96. The van der Waals surface area contributed by atoms with Gasteiger partial charge in [-0.3, -0.25) is 4.79 Å². The number of hydrogen-bond donors (Lipinski definition) is 2. The fourth-order valence-corrected chi connectivity index (χ4v) is 1.31. The number of nitrogens with two attached hydrogens (primary N) is 1. The van der Waals surface area contributed by atoms with Crippen LogP contribution in [0.3, 0.4) is 0 Å². The zero-order chi connectivity index (χ0) is 11.0. The SMILES string of the molecule is CCC(CC)CNC(=O)CC(C)CN. The van der Waals surface area contributed by atoms with E-state index in [0.29, 0.717) is 18.9 Å². The standard InChI is InChI=1S/C11H24N2O/c1-4-10(5-2)8-13-11(14)6-9(3)7-12/h9-10H,4-8,12H2,1-3H3,(H,13,14). The molecule has 0 bridgehead atoms. The number of amides is 1. The molecule has 0 heterocycles. The Morgan fingerprint density at radius 2 is 1.93 bits per heavy atom. The Kier molecular flexibility index (Phi) is 7.48. The van der Waals surface area contributed by atoms with Crippen molar-refractivity contribution in [2.45, 2.75) is 40.0 Å². The van der Waals surface area contributed by atoms with E-state index in [0.717, 1.165) is 19.4 Å². The molecule has 0 saturated heterocycles. The van der Waals surface area contributed by atoms with Crippen LogP contribution in [0.4, 0.5) is 0 Å². The minimum absolute atomic E-state index is 0.134. The van der Waals surface area contributed by atoms with Crippen LogP contribution in [-0.2, 0) is 4.79 Å². The van der Waals surface area contributed by atoms with E-state index < -0.39 is 0 Å². The summed E-state index contributed by atoms with van der Waals surface area (Å²) in [6.07, 6.45) is 2.81. The van der Waals surface area contributed by atoms with Gasteiger partial charge < -0.3 is 11.1 Å². The average Bonchev–Trinajstić information content (AvgIpc) is 2.19. The molecule has 3 nitrogen and oxygen atoms in total. The molecule has 1 amide bonds. The van der Waals surface area contributed by atoms with Crippen molar-refractivity contribution in [1.82, 2.24) is 5.32 Å². The second-order valence-electron chi connectivity index (χ2n) is 4.03. The molecular formula is C11H24N2O. The van der Waals surface area contributed by atoms with Crippen LogP contribution in [0.5, 0.6) is 0 Å². The molecule has 0 fully saturated rings. The Balaban J connectivity index is 3.62. The molecule has 3 N–H and O–H groups in total. The molecule has 0 aromatic rings. The molecule has 14 heavy (non-hydrogen) atoms. The summed E-state index contributed by atoms with van der Waals surface area (Å²) in [7, 11) is 0. The molecule has 0 aliphatic rings. The third-order valence-corrected chi connectivity index (χ3v) is 2.68. The van der Waals surface area contributed by atoms with Crippen LogP contribution in [0.1, 0.15) is 40.0 Å². The van der Waals surface area contributed by atoms with E-state index in [-0.39, 0.29) is 11.8 Å². The summed E-state index contributed by atoms with van der Waals surface area (Å²) in [6, 6.07) is 0. The minimum atomic E-state index is 0.134. The smallest absolute Gasteiger partial charge is 0.220 e. The zero-order valence-corrected chi connectivity index (χ0v) is 9.68. The Morgan fingerprint density at radius 1 is 1.36 bits per heavy atom. The zero-order valence-electron chi connectivity index (χ0n) is 9.68. The second kappa shape index (κ2) is 7.80. The lowest BCUT2D eigenvalue weighted by molar-refractivity contribution is -0.122. The lowest BCUT2D eigenvalue weighted by atomic mass is 10.0. The molecule has 0 aromatic heterocycles. The number of carbonyl (C=O) groups excluding carboxylic acids is 1. The summed E-state index contributed by atoms with van der Waals surface area (Å²) >= 11 is 0. The van der Waals surface area contributed by atoms with Crippen LogP contribution in [0.25, 0.3) is 0 Å². The molecule has 1 unspecified atom stereocenters. The second-order valence-corrected chi connectivity index (χ2v) is 4.03. The highest BCUT2D eigenvalue weighted by Crippen LogP contribution is 2.05. The van der Waals surface area contributed by atoms with Gasteiger partial charge in [0.1, 0.15) is 0 Å². The van der Waals surface area contributed by atoms with Crippen molar-refractivity contribution in [2.24, 2.45) is 17.6 Å². The van der Waals surface area contributed by atoms with Gasteiger partial charge in [0.05, 0.1) is 0 Å². The van der Waals surface area contributed by atoms with Crippen LogP contribution in [0.15, 0.2) is 0 Å². The fourth-order valence-electron chi connectivity index (χ4n) is 1.31. The van der Waals surface area contributed by atoms with Gasteiger partial charge in [-0.2, -0.15) is 0 Å². The van der Waals surface area contributed by atoms with Gasteiger partial charge in [-0.1, -0.05) is 33.6 Å². The van der Waals surface area contributed by atoms with Gasteiger partial charge in [0.2, 0.25) is 5.91 Å². The maximum Gasteiger partial charge on any atom is 0.220 e. The minimum Gasteiger partial charge on any atom is -0.356 e. The Morgan fingerprint density at radius 3 is 2.36 bits per heavy atom. The first-order valence-corrected chi connectivity index (χ1v) is 5.60. The monoisotopic (exact) mass is 200 g/mol. The van der Waals surface area contributed by atoms with Crippen molar-refractivity contribution in [1.29, 1.82) is 0 Å². The summed E-state index contributed by atoms with van der Waals surface area (Å²) in [6.45, 7) is 7.70. The van der Waals surface area contributed by atoms with Gasteiger partial charge in [0, 0.05) is 13.0 Å². The molecule has 0 spiro atoms. The summed E-state index contributed by atoms with van der Waals surface area (Å²) in [4.78, 5) is 11.4. The molecular weight excluding hydrogens is 176 g/mol. The average molecular weight is 200 g/mol. The maximum atomic E-state index is 11.4. The molecule has 3 heteroatoms. The van der Waals surface area contributed by atoms with E-state index in [1.807, 2.05) is 6.92 Å². The molecule has 1 atom stereocenters. The van der Waals surface area contributed by atoms with Gasteiger partial charge in [0.15, 0.2) is 0 Å². The van der Waals surface area contributed by atoms with Gasteiger partial charge >= 0.3 is 0 Å². The van der Waals surface area contributed by atoms with Gasteiger partial charge in [-0.05, 0) is 18.4 Å². The van der Waals surface area contributed by atoms with Gasteiger partial charge in [0.25, 0.3) is 0 Å². The Bertz CT molecular complexity index is 155. The lowest BCUT2D eigenvalue weighted by Crippen LogP contribution is -2.31. The molecule has 0 saturated carbocycles. The predicted octanol–water partition coefficient (Wildman–Crippen LogP) is 1.52. The van der Waals surface area contributed by atoms with Crippen molar-refractivity contribution < 1.29 is 4.79 Å². The van der Waals surface area contributed by atoms with Crippen molar-refractivity contribution in [3.8, 4) is 0 Å². The molecule has 84 valence electrons. The van der Waals surface area contributed by atoms with E-state index in [9.17, 15) is 4.79 Å². The first-order valence-electron chi connectivity index (χ1n) is 5.60. The highest BCUT2D eigenvalue weighted by molar-refractivity contribution is 5.76. The van der Waals surface area contributed by atoms with Crippen LogP contribution in [-0.4, -0.2) is 19.0 Å². The van der Waals surface area contributed by atoms with Crippen LogP contribution >= 0.6 is 0 Å². The fraction of sp³-hybridized carbons (Fsp3) is 0.909. The molecule has 0 radical (unpaired) electrons. The lowest BCUT2D eigenvalue weighted by Gasteiger charge is -2.14. The number of hydrogen-bond acceptors (Lipinski definition) is 2. The number of nitrogens with one attached hydrogen (secondary N) is 1. The van der Waals surface area contributed by atoms with E-state index in [1.54, 1.807) is 0 Å². The first kappa shape index (κ1) is 13.4. The van der Waals surface area contributed by atoms with E-state index in [4.69, 9.17) is 5.73 Å². The maximum absolute atomic E-state index is 11.4. The van der Waals surface area contributed by atoms with Crippen molar-refractivity contribution in [3.63, 3.8) is 0 Å². The molecule has 0 aliphatic carbocycles. The Labute approximate surface area is 87.4 Å². The van der Waals surface area contributed by atoms with Crippen LogP contribution in [0.2, 0.25) is 0 Å².